The summed E-state index contributed by atoms with van der Waals surface area (Å²) < 4.78 is 5.75. The Morgan fingerprint density at radius 1 is 1.59 bits per heavy atom. The standard InChI is InChI=1S/C10H10ClN3O3/c1-2-17-10(16)13-14-8-5-6(11)3-4-7(8)12-9(14)15/h3-5H,2H2,1H3,(H,12,15)(H,13,16). The van der Waals surface area contributed by atoms with Crippen LogP contribution in [-0.4, -0.2) is 22.4 Å². The van der Waals surface area contributed by atoms with Crippen LogP contribution in [-0.2, 0) is 4.74 Å². The lowest BCUT2D eigenvalue weighted by molar-refractivity contribution is 0.164. The highest BCUT2D eigenvalue weighted by Crippen LogP contribution is 2.15. The van der Waals surface area contributed by atoms with Gasteiger partial charge in [0, 0.05) is 5.02 Å². The zero-order valence-electron chi connectivity index (χ0n) is 8.99. The van der Waals surface area contributed by atoms with Crippen LogP contribution in [0.3, 0.4) is 0 Å². The van der Waals surface area contributed by atoms with E-state index >= 15 is 0 Å². The van der Waals surface area contributed by atoms with Crippen LogP contribution in [0, 0.1) is 0 Å². The van der Waals surface area contributed by atoms with Crippen LogP contribution in [0.5, 0.6) is 0 Å². The van der Waals surface area contributed by atoms with E-state index in [2.05, 4.69) is 10.4 Å². The van der Waals surface area contributed by atoms with Gasteiger partial charge in [0.25, 0.3) is 0 Å². The van der Waals surface area contributed by atoms with E-state index in [4.69, 9.17) is 16.3 Å². The second-order valence-corrected chi connectivity index (χ2v) is 3.70. The molecule has 0 saturated carbocycles. The predicted molar refractivity (Wildman–Crippen MR) is 64.0 cm³/mol. The van der Waals surface area contributed by atoms with Gasteiger partial charge in [0.05, 0.1) is 17.6 Å². The Balaban J connectivity index is 2.45. The zero-order chi connectivity index (χ0) is 12.4. The molecule has 0 aliphatic carbocycles. The third-order valence-corrected chi connectivity index (χ3v) is 2.36. The van der Waals surface area contributed by atoms with E-state index in [9.17, 15) is 9.59 Å². The molecule has 1 aromatic heterocycles. The molecule has 0 fully saturated rings. The molecule has 1 heterocycles. The number of aromatic nitrogens is 2. The number of amides is 1. The van der Waals surface area contributed by atoms with Gasteiger partial charge >= 0.3 is 11.8 Å². The van der Waals surface area contributed by atoms with Gasteiger partial charge in [0.2, 0.25) is 0 Å². The SMILES string of the molecule is CCOC(=O)Nn1c(=O)[nH]c2ccc(Cl)cc21. The Morgan fingerprint density at radius 3 is 3.06 bits per heavy atom. The Kier molecular flexibility index (Phi) is 3.06. The molecule has 2 N–H and O–H groups in total. The number of nitrogens with one attached hydrogen (secondary N) is 2. The molecular weight excluding hydrogens is 246 g/mol. The van der Waals surface area contributed by atoms with Gasteiger partial charge in [0.15, 0.2) is 0 Å². The number of ether oxygens (including phenoxy) is 1. The highest BCUT2D eigenvalue weighted by atomic mass is 35.5. The van der Waals surface area contributed by atoms with Gasteiger partial charge in [0.1, 0.15) is 0 Å². The maximum Gasteiger partial charge on any atom is 0.426 e. The maximum atomic E-state index is 11.6. The summed E-state index contributed by atoms with van der Waals surface area (Å²) >= 11 is 5.82. The van der Waals surface area contributed by atoms with Crippen molar-refractivity contribution in [2.24, 2.45) is 0 Å². The fraction of sp³-hybridized carbons (Fsp3) is 0.200. The van der Waals surface area contributed by atoms with E-state index in [0.717, 1.165) is 4.68 Å². The topological polar surface area (TPSA) is 76.1 Å². The molecule has 1 amide bonds. The van der Waals surface area contributed by atoms with E-state index < -0.39 is 11.8 Å². The first-order valence-corrected chi connectivity index (χ1v) is 5.33. The first-order chi connectivity index (χ1) is 8.11. The highest BCUT2D eigenvalue weighted by Gasteiger charge is 2.10. The number of H-pyrrole nitrogens is 1. The summed E-state index contributed by atoms with van der Waals surface area (Å²) in [7, 11) is 0. The summed E-state index contributed by atoms with van der Waals surface area (Å²) in [5, 5.41) is 0.468. The summed E-state index contributed by atoms with van der Waals surface area (Å²) in [5.41, 5.74) is 2.91. The molecule has 2 aromatic rings. The smallest absolute Gasteiger partial charge is 0.426 e. The van der Waals surface area contributed by atoms with Crippen molar-refractivity contribution in [2.45, 2.75) is 6.92 Å². The molecule has 0 spiro atoms. The third-order valence-electron chi connectivity index (χ3n) is 2.12. The number of carbonyl (C=O) groups excluding carboxylic acids is 1. The number of rotatable bonds is 2. The summed E-state index contributed by atoms with van der Waals surface area (Å²) in [4.78, 5) is 25.4. The lowest BCUT2D eigenvalue weighted by Crippen LogP contribution is -2.31. The molecule has 6 nitrogen and oxygen atoms in total. The maximum absolute atomic E-state index is 11.6. The fourth-order valence-corrected chi connectivity index (χ4v) is 1.61. The number of hydrogen-bond acceptors (Lipinski definition) is 3. The first-order valence-electron chi connectivity index (χ1n) is 4.96. The van der Waals surface area contributed by atoms with Crippen LogP contribution in [0.15, 0.2) is 23.0 Å². The Labute approximate surface area is 101 Å². The first kappa shape index (κ1) is 11.5. The van der Waals surface area contributed by atoms with Gasteiger partial charge in [-0.2, -0.15) is 4.68 Å². The highest BCUT2D eigenvalue weighted by molar-refractivity contribution is 6.31. The van der Waals surface area contributed by atoms with Gasteiger partial charge in [-0.05, 0) is 25.1 Å². The number of halogens is 1. The van der Waals surface area contributed by atoms with Crippen LogP contribution in [0.1, 0.15) is 6.92 Å². The van der Waals surface area contributed by atoms with E-state index in [-0.39, 0.29) is 6.61 Å². The summed E-state index contributed by atoms with van der Waals surface area (Å²) in [6.45, 7) is 1.90. The van der Waals surface area contributed by atoms with Crippen molar-refractivity contribution in [3.63, 3.8) is 0 Å². The lowest BCUT2D eigenvalue weighted by Gasteiger charge is -2.05. The van der Waals surface area contributed by atoms with Crippen LogP contribution >= 0.6 is 11.6 Å². The number of benzene rings is 1. The third kappa shape index (κ3) is 2.26. The fourth-order valence-electron chi connectivity index (χ4n) is 1.44. The molecular formula is C10H10ClN3O3. The average molecular weight is 256 g/mol. The number of aromatic amines is 1. The Morgan fingerprint density at radius 2 is 2.35 bits per heavy atom. The summed E-state index contributed by atoms with van der Waals surface area (Å²) in [5.74, 6) is 0. The van der Waals surface area contributed by atoms with Gasteiger partial charge < -0.3 is 9.72 Å². The van der Waals surface area contributed by atoms with Crippen molar-refractivity contribution in [1.82, 2.24) is 9.66 Å². The number of nitrogens with zero attached hydrogens (tertiary/aromatic N) is 1. The molecule has 0 bridgehead atoms. The van der Waals surface area contributed by atoms with Crippen molar-refractivity contribution < 1.29 is 9.53 Å². The normalized spacial score (nSPS) is 10.5. The van der Waals surface area contributed by atoms with Crippen LogP contribution in [0.25, 0.3) is 11.0 Å². The molecule has 0 saturated heterocycles. The van der Waals surface area contributed by atoms with Crippen molar-refractivity contribution in [3.05, 3.63) is 33.7 Å². The molecule has 0 atom stereocenters. The number of fused-ring (bicyclic) bond motifs is 1. The van der Waals surface area contributed by atoms with Crippen molar-refractivity contribution in [2.75, 3.05) is 12.0 Å². The molecule has 0 aliphatic rings. The molecule has 7 heteroatoms. The molecule has 0 radical (unpaired) electrons. The minimum absolute atomic E-state index is 0.226. The van der Waals surface area contributed by atoms with Gasteiger partial charge in [-0.3, -0.25) is 0 Å². The predicted octanol–water partition coefficient (Wildman–Crippen LogP) is 1.68. The quantitative estimate of drug-likeness (QED) is 0.857. The Hall–Kier alpha value is -1.95. The number of imidazole rings is 1. The van der Waals surface area contributed by atoms with Crippen molar-refractivity contribution in [1.29, 1.82) is 0 Å². The molecule has 2 rings (SSSR count). The van der Waals surface area contributed by atoms with Gasteiger partial charge in [-0.25, -0.2) is 15.0 Å². The largest absolute Gasteiger partial charge is 0.449 e. The average Bonchev–Trinajstić information content (AvgIpc) is 2.56. The number of hydrogen-bond donors (Lipinski definition) is 2. The van der Waals surface area contributed by atoms with Crippen molar-refractivity contribution in [3.8, 4) is 0 Å². The van der Waals surface area contributed by atoms with Crippen LogP contribution < -0.4 is 11.1 Å². The number of carbonyl (C=O) groups is 1. The van der Waals surface area contributed by atoms with E-state index in [1.54, 1.807) is 25.1 Å². The zero-order valence-corrected chi connectivity index (χ0v) is 9.75. The van der Waals surface area contributed by atoms with Gasteiger partial charge in [-0.1, -0.05) is 11.6 Å². The molecule has 0 unspecified atom stereocenters. The van der Waals surface area contributed by atoms with E-state index in [0.29, 0.717) is 16.1 Å². The molecule has 0 aliphatic heterocycles. The van der Waals surface area contributed by atoms with Gasteiger partial charge in [-0.15, -0.1) is 0 Å². The van der Waals surface area contributed by atoms with E-state index in [1.807, 2.05) is 0 Å². The minimum atomic E-state index is -0.699. The lowest BCUT2D eigenvalue weighted by atomic mass is 10.3. The van der Waals surface area contributed by atoms with Crippen LogP contribution in [0.4, 0.5) is 4.79 Å². The monoisotopic (exact) mass is 255 g/mol. The Bertz CT molecular complexity index is 617. The van der Waals surface area contributed by atoms with E-state index in [1.165, 1.54) is 0 Å². The van der Waals surface area contributed by atoms with Crippen molar-refractivity contribution >= 4 is 28.7 Å². The summed E-state index contributed by atoms with van der Waals surface area (Å²) in [6.07, 6.45) is -0.699. The molecule has 17 heavy (non-hydrogen) atoms. The second-order valence-electron chi connectivity index (χ2n) is 3.26. The minimum Gasteiger partial charge on any atom is -0.449 e. The summed E-state index contributed by atoms with van der Waals surface area (Å²) in [6, 6.07) is 4.87. The van der Waals surface area contributed by atoms with Crippen LogP contribution in [0.2, 0.25) is 5.02 Å². The molecule has 90 valence electrons. The molecule has 1 aromatic carbocycles. The second kappa shape index (κ2) is 4.50.